The molecule has 0 bridgehead atoms. The van der Waals surface area contributed by atoms with E-state index in [1.54, 1.807) is 6.20 Å². The maximum Gasteiger partial charge on any atom is 0.164 e. The van der Waals surface area contributed by atoms with Crippen LogP contribution in [0.5, 0.6) is 0 Å². The molecule has 3 aromatic rings. The summed E-state index contributed by atoms with van der Waals surface area (Å²) in [5.74, 6) is 1.10. The molecule has 1 aromatic carbocycles. The van der Waals surface area contributed by atoms with Gasteiger partial charge in [-0.1, -0.05) is 15.9 Å². The molecule has 2 heterocycles. The number of nitrogens with zero attached hydrogens (tertiary/aromatic N) is 3. The molecule has 0 saturated heterocycles. The Kier molecular flexibility index (Phi) is 3.60. The van der Waals surface area contributed by atoms with Gasteiger partial charge in [0.15, 0.2) is 5.65 Å². The zero-order chi connectivity index (χ0) is 13.4. The molecule has 96 valence electrons. The van der Waals surface area contributed by atoms with Gasteiger partial charge < -0.3 is 0 Å². The predicted octanol–water partition coefficient (Wildman–Crippen LogP) is 4.68. The fourth-order valence-corrected chi connectivity index (χ4v) is 2.91. The van der Waals surface area contributed by atoms with Crippen molar-refractivity contribution >= 4 is 54.6 Å². The number of hydrogen-bond acceptors (Lipinski definition) is 2. The molecule has 6 heteroatoms. The van der Waals surface area contributed by atoms with Crippen LogP contribution in [-0.2, 0) is 5.88 Å². The summed E-state index contributed by atoms with van der Waals surface area (Å²) < 4.78 is 3.92. The van der Waals surface area contributed by atoms with Crippen molar-refractivity contribution in [3.05, 3.63) is 51.3 Å². The van der Waals surface area contributed by atoms with Gasteiger partial charge in [-0.25, -0.2) is 9.97 Å². The van der Waals surface area contributed by atoms with E-state index in [9.17, 15) is 0 Å². The summed E-state index contributed by atoms with van der Waals surface area (Å²) in [6.07, 6.45) is 1.75. The molecule has 0 unspecified atom stereocenters. The van der Waals surface area contributed by atoms with Gasteiger partial charge >= 0.3 is 0 Å². The smallest absolute Gasteiger partial charge is 0.164 e. The maximum atomic E-state index is 6.01. The first-order valence-corrected chi connectivity index (χ1v) is 7.66. The van der Waals surface area contributed by atoms with Gasteiger partial charge in [0.25, 0.3) is 0 Å². The second-order valence-electron chi connectivity index (χ2n) is 3.94. The molecule has 0 aliphatic carbocycles. The van der Waals surface area contributed by atoms with E-state index in [-0.39, 0.29) is 0 Å². The third kappa shape index (κ3) is 2.30. The zero-order valence-electron chi connectivity index (χ0n) is 9.65. The standard InChI is InChI=1S/C13H8Br2ClN3/c14-8-3-4-9(15)11(6-8)19-12(7-16)18-10-2-1-5-17-13(10)19/h1-6H,7H2. The third-order valence-corrected chi connectivity index (χ3v) is 4.16. The fraction of sp³-hybridized carbons (Fsp3) is 0.0769. The molecule has 0 aliphatic heterocycles. The molecule has 0 N–H and O–H groups in total. The van der Waals surface area contributed by atoms with Crippen LogP contribution in [0.15, 0.2) is 45.5 Å². The van der Waals surface area contributed by atoms with E-state index in [0.29, 0.717) is 5.88 Å². The molecule has 0 spiro atoms. The van der Waals surface area contributed by atoms with Crippen molar-refractivity contribution in [1.29, 1.82) is 0 Å². The van der Waals surface area contributed by atoms with Gasteiger partial charge in [0, 0.05) is 15.1 Å². The van der Waals surface area contributed by atoms with Crippen LogP contribution in [0.1, 0.15) is 5.82 Å². The lowest BCUT2D eigenvalue weighted by Crippen LogP contribution is -2.01. The highest BCUT2D eigenvalue weighted by Gasteiger charge is 2.14. The minimum atomic E-state index is 0.329. The lowest BCUT2D eigenvalue weighted by atomic mass is 10.3. The van der Waals surface area contributed by atoms with Crippen LogP contribution in [0.2, 0.25) is 0 Å². The fourth-order valence-electron chi connectivity index (χ4n) is 1.96. The Morgan fingerprint density at radius 3 is 2.84 bits per heavy atom. The Hall–Kier alpha value is -0.910. The highest BCUT2D eigenvalue weighted by atomic mass is 79.9. The van der Waals surface area contributed by atoms with E-state index in [1.807, 2.05) is 34.9 Å². The number of imidazole rings is 1. The quantitative estimate of drug-likeness (QED) is 0.584. The summed E-state index contributed by atoms with van der Waals surface area (Å²) in [4.78, 5) is 8.91. The van der Waals surface area contributed by atoms with Crippen molar-refractivity contribution in [2.45, 2.75) is 5.88 Å². The van der Waals surface area contributed by atoms with E-state index in [0.717, 1.165) is 31.6 Å². The largest absolute Gasteiger partial charge is 0.279 e. The van der Waals surface area contributed by atoms with E-state index < -0.39 is 0 Å². The zero-order valence-corrected chi connectivity index (χ0v) is 13.6. The Morgan fingerprint density at radius 1 is 1.21 bits per heavy atom. The van der Waals surface area contributed by atoms with Gasteiger partial charge in [0.1, 0.15) is 11.3 Å². The third-order valence-electron chi connectivity index (χ3n) is 2.75. The maximum absolute atomic E-state index is 6.01. The summed E-state index contributed by atoms with van der Waals surface area (Å²) in [6.45, 7) is 0. The van der Waals surface area contributed by atoms with E-state index >= 15 is 0 Å². The second-order valence-corrected chi connectivity index (χ2v) is 5.98. The van der Waals surface area contributed by atoms with Crippen molar-refractivity contribution in [2.24, 2.45) is 0 Å². The molecule has 19 heavy (non-hydrogen) atoms. The number of rotatable bonds is 2. The van der Waals surface area contributed by atoms with E-state index in [4.69, 9.17) is 11.6 Å². The lowest BCUT2D eigenvalue weighted by Gasteiger charge is -2.09. The van der Waals surface area contributed by atoms with Crippen LogP contribution in [0.3, 0.4) is 0 Å². The summed E-state index contributed by atoms with van der Waals surface area (Å²) in [5, 5.41) is 0. The number of fused-ring (bicyclic) bond motifs is 1. The molecule has 0 radical (unpaired) electrons. The average Bonchev–Trinajstić information content (AvgIpc) is 2.80. The monoisotopic (exact) mass is 399 g/mol. The molecule has 2 aromatic heterocycles. The molecule has 3 rings (SSSR count). The van der Waals surface area contributed by atoms with Crippen LogP contribution in [0.25, 0.3) is 16.9 Å². The normalized spacial score (nSPS) is 11.1. The first kappa shape index (κ1) is 13.1. The Labute approximate surface area is 131 Å². The van der Waals surface area contributed by atoms with Gasteiger partial charge in [-0.3, -0.25) is 4.57 Å². The minimum Gasteiger partial charge on any atom is -0.279 e. The number of hydrogen-bond donors (Lipinski definition) is 0. The Balaban J connectivity index is 2.37. The molecular formula is C13H8Br2ClN3. The lowest BCUT2D eigenvalue weighted by molar-refractivity contribution is 0.964. The van der Waals surface area contributed by atoms with Crippen LogP contribution in [-0.4, -0.2) is 14.5 Å². The SMILES string of the molecule is ClCc1nc2cccnc2n1-c1cc(Br)ccc1Br. The van der Waals surface area contributed by atoms with E-state index in [1.165, 1.54) is 0 Å². The highest BCUT2D eigenvalue weighted by Crippen LogP contribution is 2.29. The van der Waals surface area contributed by atoms with Crippen molar-refractivity contribution < 1.29 is 0 Å². The number of alkyl halides is 1. The summed E-state index contributed by atoms with van der Waals surface area (Å²) in [5.41, 5.74) is 2.60. The van der Waals surface area contributed by atoms with Crippen molar-refractivity contribution in [3.8, 4) is 5.69 Å². The van der Waals surface area contributed by atoms with Gasteiger partial charge in [-0.2, -0.15) is 0 Å². The number of benzene rings is 1. The molecule has 0 amide bonds. The van der Waals surface area contributed by atoms with E-state index in [2.05, 4.69) is 41.8 Å². The molecule has 0 aliphatic rings. The van der Waals surface area contributed by atoms with Crippen molar-refractivity contribution in [2.75, 3.05) is 0 Å². The van der Waals surface area contributed by atoms with Gasteiger partial charge in [-0.15, -0.1) is 11.6 Å². The van der Waals surface area contributed by atoms with Crippen molar-refractivity contribution in [3.63, 3.8) is 0 Å². The minimum absolute atomic E-state index is 0.329. The number of pyridine rings is 1. The molecule has 0 saturated carbocycles. The van der Waals surface area contributed by atoms with Gasteiger partial charge in [0.05, 0.1) is 11.6 Å². The van der Waals surface area contributed by atoms with Gasteiger partial charge in [-0.05, 0) is 46.3 Å². The molecule has 3 nitrogen and oxygen atoms in total. The highest BCUT2D eigenvalue weighted by molar-refractivity contribution is 9.11. The predicted molar refractivity (Wildman–Crippen MR) is 83.8 cm³/mol. The van der Waals surface area contributed by atoms with Crippen LogP contribution < -0.4 is 0 Å². The first-order valence-electron chi connectivity index (χ1n) is 5.54. The van der Waals surface area contributed by atoms with Crippen molar-refractivity contribution in [1.82, 2.24) is 14.5 Å². The first-order chi connectivity index (χ1) is 9.20. The topological polar surface area (TPSA) is 30.7 Å². The average molecular weight is 401 g/mol. The Morgan fingerprint density at radius 2 is 2.05 bits per heavy atom. The number of halogens is 3. The summed E-state index contributed by atoms with van der Waals surface area (Å²) in [6, 6.07) is 9.76. The molecule has 0 fully saturated rings. The second kappa shape index (κ2) is 5.23. The number of aromatic nitrogens is 3. The van der Waals surface area contributed by atoms with Crippen LogP contribution in [0.4, 0.5) is 0 Å². The summed E-state index contributed by atoms with van der Waals surface area (Å²) >= 11 is 13.1. The molecular weight excluding hydrogens is 393 g/mol. The Bertz CT molecular complexity index is 755. The summed E-state index contributed by atoms with van der Waals surface area (Å²) in [7, 11) is 0. The van der Waals surface area contributed by atoms with Gasteiger partial charge in [0.2, 0.25) is 0 Å². The molecule has 0 atom stereocenters. The van der Waals surface area contributed by atoms with Crippen LogP contribution in [0, 0.1) is 0 Å². The van der Waals surface area contributed by atoms with Crippen LogP contribution >= 0.6 is 43.5 Å².